The number of benzene rings is 11. The average molecular weight is 1820 g/mol. The number of likely N-dealkylation sites (tertiary alicyclic amines) is 1. The molecule has 5 aliphatic rings. The number of nitrogens with one attached hydrogen (secondary N) is 1. The first-order valence-electron chi connectivity index (χ1n) is 44.3. The number of aryl methyl sites for hydroxylation is 4. The van der Waals surface area contributed by atoms with Crippen LogP contribution in [0.5, 0.6) is 46.0 Å². The van der Waals surface area contributed by atoms with Crippen LogP contribution >= 0.6 is 40.0 Å². The molecule has 21 nitrogen and oxygen atoms in total. The Morgan fingerprint density at radius 3 is 1.55 bits per heavy atom. The van der Waals surface area contributed by atoms with Gasteiger partial charge in [0.2, 0.25) is 11.8 Å². The molecule has 129 heavy (non-hydrogen) atoms. The van der Waals surface area contributed by atoms with Crippen LogP contribution in [-0.4, -0.2) is 138 Å². The minimum absolute atomic E-state index is 0.00934. The lowest BCUT2D eigenvalue weighted by Crippen LogP contribution is -2.42. The maximum Gasteiger partial charge on any atom is 0.340 e. The van der Waals surface area contributed by atoms with Gasteiger partial charge in [0, 0.05) is 94.3 Å². The van der Waals surface area contributed by atoms with Crippen molar-refractivity contribution >= 4 is 85.3 Å². The van der Waals surface area contributed by atoms with Crippen molar-refractivity contribution < 1.29 is 76.1 Å². The van der Waals surface area contributed by atoms with E-state index in [0.717, 1.165) is 82.2 Å². The summed E-state index contributed by atoms with van der Waals surface area (Å²) < 4.78 is 69.3. The number of carbonyl (C=O) groups excluding carboxylic acids is 4. The molecule has 1 saturated heterocycles. The summed E-state index contributed by atoms with van der Waals surface area (Å²) in [5, 5.41) is 36.6. The number of esters is 2. The van der Waals surface area contributed by atoms with Crippen molar-refractivity contribution in [1.29, 1.82) is 5.26 Å². The molecule has 672 valence electrons. The molecule has 4 unspecified atom stereocenters. The Kier molecular flexibility index (Phi) is 28.8. The van der Waals surface area contributed by atoms with Crippen LogP contribution in [0, 0.1) is 25.2 Å². The molecule has 11 aromatic carbocycles. The number of phenolic OH excluding ortho intramolecular Hbond substituents is 2. The number of halogens is 2. The van der Waals surface area contributed by atoms with Gasteiger partial charge in [-0.25, -0.2) is 14.3 Å². The van der Waals surface area contributed by atoms with Crippen molar-refractivity contribution in [3.05, 3.63) is 294 Å². The highest BCUT2D eigenvalue weighted by atomic mass is 35.5. The van der Waals surface area contributed by atoms with Crippen LogP contribution < -0.4 is 24.3 Å². The number of aromatic hydroxyl groups is 2. The molecule has 2 amide bonds. The second-order valence-corrected chi connectivity index (χ2v) is 38.4. The summed E-state index contributed by atoms with van der Waals surface area (Å²) >= 11 is 12.9. The summed E-state index contributed by atoms with van der Waals surface area (Å²) in [5.74, 6) is 2.39. The minimum Gasteiger partial charge on any atom is -0.506 e. The molecule has 16 rings (SSSR count). The van der Waals surface area contributed by atoms with Gasteiger partial charge in [-0.3, -0.25) is 14.3 Å². The number of nitrogens with zero attached hydrogens (tertiary/aromatic N) is 4. The average Bonchev–Trinajstić information content (AvgIpc) is 1.58. The number of hydrogen-bond donors (Lipinski definition) is 3. The van der Waals surface area contributed by atoms with Gasteiger partial charge in [0.25, 0.3) is 8.53 Å². The standard InChI is InChI=1S/C63H63ClN3O10P.C41H48ClN2O6P/c1-39(2)67(40(3)4)78(74-31-13-30-65)77-50-35-47(38-73-62(44-14-9-8-10-15-44,45-20-24-48(71-6)25-21-45)46-22-26-49(72-7)27-23-46)66(37-50)59(69)29-19-42-33-55-58(32-41(42)5)75-60-52-36-56(64)57(68)34-43(52)18-28-54(60)63(55)53-17-12-11-16-51(53)61(70)76-63;1-25(2)44(26(3)4)51(6)48-20-12-8-7-11-19-43-38(46)18-16-28-22-34-37(21-27(28)5)49-39-31-24-35(42)36(45)23-29(31)15-17-33(39)41(34)32-14-10-9-13-30(32)40(47)50-41/h8-12,14-18,20-28,32-34,36,39-40,47,50,68H,13,19,29,31,35,37-38H2,1-7H3;9-10,13-15,17,21-26,45H,7-8,11-12,16,18-20H2,1-6H3,(H,43,46)/t47-,50+,63?,78?;/m0./s1. The first-order chi connectivity index (χ1) is 62.1. The maximum absolute atomic E-state index is 15.3. The number of unbranched alkanes of at least 4 members (excludes halogenated alkanes) is 3. The highest BCUT2D eigenvalue weighted by Crippen LogP contribution is 2.61. The molecule has 0 bridgehead atoms. The second-order valence-electron chi connectivity index (χ2n) is 34.6. The van der Waals surface area contributed by atoms with Crippen LogP contribution in [0.1, 0.15) is 200 Å². The van der Waals surface area contributed by atoms with E-state index in [9.17, 15) is 29.9 Å². The number of carbonyl (C=O) groups is 4. The van der Waals surface area contributed by atoms with E-state index >= 15 is 4.79 Å². The van der Waals surface area contributed by atoms with Gasteiger partial charge in [0.1, 0.15) is 59.9 Å². The Hall–Kier alpha value is -10.7. The van der Waals surface area contributed by atoms with E-state index in [-0.39, 0.29) is 78.0 Å². The number of phenols is 2. The third-order valence-corrected chi connectivity index (χ3v) is 29.9. The Morgan fingerprint density at radius 2 is 1.05 bits per heavy atom. The quantitative estimate of drug-likeness (QED) is 0.0150. The fourth-order valence-corrected chi connectivity index (χ4v) is 22.9. The van der Waals surface area contributed by atoms with Crippen molar-refractivity contribution in [1.82, 2.24) is 19.6 Å². The number of nitriles is 1. The highest BCUT2D eigenvalue weighted by Gasteiger charge is 2.56. The van der Waals surface area contributed by atoms with Crippen molar-refractivity contribution in [3.8, 4) is 52.1 Å². The molecule has 2 spiro atoms. The zero-order valence-corrected chi connectivity index (χ0v) is 78.5. The molecular weight excluding hydrogens is 1710 g/mol. The fourth-order valence-electron chi connectivity index (χ4n) is 19.0. The van der Waals surface area contributed by atoms with Crippen LogP contribution in [-0.2, 0) is 67.0 Å². The van der Waals surface area contributed by atoms with Gasteiger partial charge in [-0.2, -0.15) is 5.26 Å². The third kappa shape index (κ3) is 18.6. The molecule has 6 atom stereocenters. The number of fused-ring (bicyclic) bond motifs is 16. The molecule has 0 aliphatic carbocycles. The number of amides is 2. The molecule has 3 N–H and O–H groups in total. The third-order valence-electron chi connectivity index (χ3n) is 25.0. The summed E-state index contributed by atoms with van der Waals surface area (Å²) in [5.41, 5.74) is 7.48. The lowest BCUT2D eigenvalue weighted by Gasteiger charge is -2.38. The van der Waals surface area contributed by atoms with E-state index < -0.39 is 57.7 Å². The van der Waals surface area contributed by atoms with Crippen LogP contribution in [0.4, 0.5) is 0 Å². The number of hydrogen-bond acceptors (Lipinski definition) is 19. The lowest BCUT2D eigenvalue weighted by molar-refractivity contribution is -0.134. The Bertz CT molecular complexity index is 5970. The summed E-state index contributed by atoms with van der Waals surface area (Å²) in [4.78, 5) is 57.4. The smallest absolute Gasteiger partial charge is 0.340 e. The summed E-state index contributed by atoms with van der Waals surface area (Å²) in [6.45, 7) is 25.5. The van der Waals surface area contributed by atoms with Crippen LogP contribution in [0.15, 0.2) is 200 Å². The van der Waals surface area contributed by atoms with E-state index in [4.69, 9.17) is 69.9 Å². The topological polar surface area (TPSA) is 247 Å². The van der Waals surface area contributed by atoms with Crippen LogP contribution in [0.3, 0.4) is 0 Å². The minimum atomic E-state index is -1.63. The zero-order chi connectivity index (χ0) is 91.3. The van der Waals surface area contributed by atoms with Gasteiger partial charge in [0.05, 0.1) is 79.8 Å². The van der Waals surface area contributed by atoms with Crippen LogP contribution in [0.25, 0.3) is 21.5 Å². The van der Waals surface area contributed by atoms with E-state index in [1.165, 1.54) is 0 Å². The van der Waals surface area contributed by atoms with E-state index in [1.807, 2.05) is 170 Å². The highest BCUT2D eigenvalue weighted by molar-refractivity contribution is 7.49. The second kappa shape index (κ2) is 39.9. The Balaban J connectivity index is 0.000000217. The monoisotopic (exact) mass is 1820 g/mol. The van der Waals surface area contributed by atoms with Gasteiger partial charge < -0.3 is 67.2 Å². The molecule has 5 aliphatic heterocycles. The predicted octanol–water partition coefficient (Wildman–Crippen LogP) is 23.1. The molecule has 1 fully saturated rings. The molecule has 0 saturated carbocycles. The maximum atomic E-state index is 15.3. The van der Waals surface area contributed by atoms with Gasteiger partial charge in [-0.05, 0) is 255 Å². The van der Waals surface area contributed by atoms with Crippen LogP contribution in [0.2, 0.25) is 10.0 Å². The van der Waals surface area contributed by atoms with Crippen molar-refractivity contribution in [3.63, 3.8) is 0 Å². The van der Waals surface area contributed by atoms with Crippen molar-refractivity contribution in [2.75, 3.05) is 53.8 Å². The first kappa shape index (κ1) is 93.0. The SMILES string of the molecule is COc1ccc(C(OC[C@@H]2C[C@@H](OP(OCCC#N)N(C(C)C)C(C)C)CN2C(=O)CCc2cc3c(cc2C)Oc2c(ccc4cc(O)c(Cl)cc24)C32OC(=O)c3ccccc32)(c2ccccc2)c2ccc(OC)cc2)cc1.Cc1cc2c(cc1CCC(=O)NCCCCCCOP(C)N(C(C)C)C(C)C)C1(OC(=O)c3ccccc31)c1ccc3cc(O)c(Cl)cc3c1O2. The van der Waals surface area contributed by atoms with Gasteiger partial charge in [0.15, 0.2) is 11.2 Å². The predicted molar refractivity (Wildman–Crippen MR) is 505 cm³/mol. The normalized spacial score (nSPS) is 17.4. The molecule has 5 heterocycles. The van der Waals surface area contributed by atoms with E-state index in [0.29, 0.717) is 134 Å². The lowest BCUT2D eigenvalue weighted by atomic mass is 9.76. The number of rotatable bonds is 33. The Labute approximate surface area is 767 Å². The summed E-state index contributed by atoms with van der Waals surface area (Å²) in [7, 11) is 1.05. The van der Waals surface area contributed by atoms with E-state index in [1.54, 1.807) is 50.6 Å². The van der Waals surface area contributed by atoms with Gasteiger partial charge in [-0.15, -0.1) is 0 Å². The molecular formula is C104H111Cl2N5O16P2. The fraction of sp³-hybridized carbons (Fsp3) is 0.356. The largest absolute Gasteiger partial charge is 0.506 e. The molecule has 0 radical (unpaired) electrons. The summed E-state index contributed by atoms with van der Waals surface area (Å²) in [6, 6.07) is 65.4. The number of methoxy groups -OCH3 is 2. The van der Waals surface area contributed by atoms with Gasteiger partial charge >= 0.3 is 11.9 Å². The Morgan fingerprint density at radius 1 is 0.574 bits per heavy atom. The van der Waals surface area contributed by atoms with Gasteiger partial charge in [-0.1, -0.05) is 139 Å². The summed E-state index contributed by atoms with van der Waals surface area (Å²) in [6.07, 6.45) is 5.64. The van der Waals surface area contributed by atoms with E-state index in [2.05, 4.69) is 94.9 Å². The number of ether oxygens (including phenoxy) is 7. The van der Waals surface area contributed by atoms with Crippen molar-refractivity contribution in [2.45, 2.75) is 187 Å². The first-order valence-corrected chi connectivity index (χ1v) is 47.8. The molecule has 11 aromatic rings. The zero-order valence-electron chi connectivity index (χ0n) is 75.2. The molecule has 25 heteroatoms. The van der Waals surface area contributed by atoms with Crippen molar-refractivity contribution in [2.24, 2.45) is 0 Å². The molecule has 0 aromatic heterocycles.